The van der Waals surface area contributed by atoms with Crippen LogP contribution in [0.3, 0.4) is 0 Å². The lowest BCUT2D eigenvalue weighted by molar-refractivity contribution is 0.290. The molecule has 3 rings (SSSR count). The van der Waals surface area contributed by atoms with Crippen molar-refractivity contribution in [2.24, 2.45) is 0 Å². The van der Waals surface area contributed by atoms with Crippen molar-refractivity contribution in [3.05, 3.63) is 59.4 Å². The summed E-state index contributed by atoms with van der Waals surface area (Å²) >= 11 is 9.38. The van der Waals surface area contributed by atoms with Crippen LogP contribution in [0.1, 0.15) is 12.2 Å². The summed E-state index contributed by atoms with van der Waals surface area (Å²) in [6, 6.07) is 15.6. The number of ether oxygens (including phenoxy) is 1. The molecule has 1 heterocycles. The van der Waals surface area contributed by atoms with Crippen molar-refractivity contribution in [3.8, 4) is 5.75 Å². The second-order valence-electron chi connectivity index (χ2n) is 4.95. The standard InChI is InChI=1S/C17H16BrClN2O/c18-10-3-11-21-16-5-2-1-4-15(16)20-17(21)12-22-14-8-6-13(19)7-9-14/h1-2,4-9H,3,10-12H2. The number of aryl methyl sites for hydroxylation is 1. The third-order valence-corrected chi connectivity index (χ3v) is 4.24. The maximum absolute atomic E-state index is 5.89. The Labute approximate surface area is 143 Å². The van der Waals surface area contributed by atoms with Crippen molar-refractivity contribution >= 4 is 38.6 Å². The average molecular weight is 380 g/mol. The van der Waals surface area contributed by atoms with E-state index in [4.69, 9.17) is 21.3 Å². The normalized spacial score (nSPS) is 11.0. The molecule has 0 saturated heterocycles. The first kappa shape index (κ1) is 15.4. The molecule has 0 spiro atoms. The van der Waals surface area contributed by atoms with E-state index >= 15 is 0 Å². The minimum atomic E-state index is 0.443. The van der Waals surface area contributed by atoms with Crippen molar-refractivity contribution in [1.82, 2.24) is 9.55 Å². The number of aromatic nitrogens is 2. The topological polar surface area (TPSA) is 27.1 Å². The van der Waals surface area contributed by atoms with Gasteiger partial charge in [0.05, 0.1) is 11.0 Å². The van der Waals surface area contributed by atoms with Gasteiger partial charge in [0.25, 0.3) is 0 Å². The number of hydrogen-bond acceptors (Lipinski definition) is 2. The fraction of sp³-hybridized carbons (Fsp3) is 0.235. The first-order valence-corrected chi connectivity index (χ1v) is 8.66. The summed E-state index contributed by atoms with van der Waals surface area (Å²) in [4.78, 5) is 4.69. The molecule has 0 radical (unpaired) electrons. The smallest absolute Gasteiger partial charge is 0.147 e. The molecule has 114 valence electrons. The van der Waals surface area contributed by atoms with Crippen LogP contribution < -0.4 is 4.74 Å². The Bertz CT molecular complexity index is 755. The maximum atomic E-state index is 5.89. The number of halogens is 2. The van der Waals surface area contributed by atoms with E-state index in [-0.39, 0.29) is 0 Å². The lowest BCUT2D eigenvalue weighted by atomic mass is 10.3. The molecule has 3 aromatic rings. The zero-order valence-electron chi connectivity index (χ0n) is 12.0. The van der Waals surface area contributed by atoms with Crippen LogP contribution in [0.2, 0.25) is 5.02 Å². The Morgan fingerprint density at radius 2 is 1.86 bits per heavy atom. The Morgan fingerprint density at radius 1 is 1.09 bits per heavy atom. The van der Waals surface area contributed by atoms with Gasteiger partial charge in [-0.05, 0) is 42.8 Å². The third-order valence-electron chi connectivity index (χ3n) is 3.43. The monoisotopic (exact) mass is 378 g/mol. The second-order valence-corrected chi connectivity index (χ2v) is 6.18. The number of nitrogens with zero attached hydrogens (tertiary/aromatic N) is 2. The minimum Gasteiger partial charge on any atom is -0.486 e. The van der Waals surface area contributed by atoms with E-state index in [9.17, 15) is 0 Å². The lowest BCUT2D eigenvalue weighted by Crippen LogP contribution is -2.08. The van der Waals surface area contributed by atoms with Gasteiger partial charge in [0.1, 0.15) is 18.2 Å². The van der Waals surface area contributed by atoms with E-state index in [0.29, 0.717) is 11.6 Å². The van der Waals surface area contributed by atoms with Crippen molar-refractivity contribution in [3.63, 3.8) is 0 Å². The Balaban J connectivity index is 1.83. The summed E-state index contributed by atoms with van der Waals surface area (Å²) in [7, 11) is 0. The van der Waals surface area contributed by atoms with Crippen molar-refractivity contribution < 1.29 is 4.74 Å². The van der Waals surface area contributed by atoms with Gasteiger partial charge < -0.3 is 9.30 Å². The number of benzene rings is 2. The van der Waals surface area contributed by atoms with E-state index < -0.39 is 0 Å². The van der Waals surface area contributed by atoms with Gasteiger partial charge in [0, 0.05) is 16.9 Å². The predicted molar refractivity (Wildman–Crippen MR) is 93.9 cm³/mol. The van der Waals surface area contributed by atoms with Crippen LogP contribution in [0.4, 0.5) is 0 Å². The maximum Gasteiger partial charge on any atom is 0.147 e. The van der Waals surface area contributed by atoms with E-state index in [1.165, 1.54) is 0 Å². The molecular formula is C17H16BrClN2O. The Hall–Kier alpha value is -1.52. The largest absolute Gasteiger partial charge is 0.486 e. The first-order valence-electron chi connectivity index (χ1n) is 7.16. The molecule has 22 heavy (non-hydrogen) atoms. The number of alkyl halides is 1. The number of hydrogen-bond donors (Lipinski definition) is 0. The van der Waals surface area contributed by atoms with Gasteiger partial charge in [0.2, 0.25) is 0 Å². The minimum absolute atomic E-state index is 0.443. The fourth-order valence-corrected chi connectivity index (χ4v) is 2.76. The summed E-state index contributed by atoms with van der Waals surface area (Å²) in [5, 5.41) is 1.67. The van der Waals surface area contributed by atoms with E-state index in [2.05, 4.69) is 26.6 Å². The third kappa shape index (κ3) is 3.45. The van der Waals surface area contributed by atoms with Crippen LogP contribution in [-0.2, 0) is 13.2 Å². The Morgan fingerprint density at radius 3 is 2.64 bits per heavy atom. The van der Waals surface area contributed by atoms with Gasteiger partial charge in [-0.2, -0.15) is 0 Å². The lowest BCUT2D eigenvalue weighted by Gasteiger charge is -2.10. The highest BCUT2D eigenvalue weighted by Gasteiger charge is 2.10. The molecule has 0 unspecified atom stereocenters. The zero-order chi connectivity index (χ0) is 15.4. The van der Waals surface area contributed by atoms with Crippen LogP contribution in [0.15, 0.2) is 48.5 Å². The van der Waals surface area contributed by atoms with Crippen LogP contribution in [0.5, 0.6) is 5.75 Å². The molecule has 3 nitrogen and oxygen atoms in total. The van der Waals surface area contributed by atoms with E-state index in [1.54, 1.807) is 0 Å². The predicted octanol–water partition coefficient (Wildman–Crippen LogP) is 5.05. The molecule has 0 saturated carbocycles. The van der Waals surface area contributed by atoms with Crippen molar-refractivity contribution in [2.75, 3.05) is 5.33 Å². The molecule has 0 aliphatic heterocycles. The summed E-state index contributed by atoms with van der Waals surface area (Å²) in [6.07, 6.45) is 1.05. The molecule has 0 aliphatic carbocycles. The molecule has 0 fully saturated rings. The average Bonchev–Trinajstić information content (AvgIpc) is 2.90. The highest BCUT2D eigenvalue weighted by atomic mass is 79.9. The van der Waals surface area contributed by atoms with Crippen LogP contribution in [0.25, 0.3) is 11.0 Å². The molecule has 2 aromatic carbocycles. The molecule has 1 aromatic heterocycles. The van der Waals surface area contributed by atoms with Crippen LogP contribution >= 0.6 is 27.5 Å². The van der Waals surface area contributed by atoms with Gasteiger partial charge in [-0.25, -0.2) is 4.98 Å². The molecule has 0 N–H and O–H groups in total. The summed E-state index contributed by atoms with van der Waals surface area (Å²) in [5.74, 6) is 1.74. The molecule has 0 bridgehead atoms. The number of imidazole rings is 1. The van der Waals surface area contributed by atoms with E-state index in [0.717, 1.165) is 40.9 Å². The quantitative estimate of drug-likeness (QED) is 0.560. The van der Waals surface area contributed by atoms with Crippen LogP contribution in [-0.4, -0.2) is 14.9 Å². The van der Waals surface area contributed by atoms with Crippen LogP contribution in [0, 0.1) is 0 Å². The molecular weight excluding hydrogens is 364 g/mol. The number of fused-ring (bicyclic) bond motifs is 1. The second kappa shape index (κ2) is 7.16. The highest BCUT2D eigenvalue weighted by Crippen LogP contribution is 2.20. The van der Waals surface area contributed by atoms with Gasteiger partial charge in [-0.3, -0.25) is 0 Å². The first-order chi connectivity index (χ1) is 10.8. The highest BCUT2D eigenvalue weighted by molar-refractivity contribution is 9.09. The fourth-order valence-electron chi connectivity index (χ4n) is 2.38. The van der Waals surface area contributed by atoms with E-state index in [1.807, 2.05) is 42.5 Å². The SMILES string of the molecule is Clc1ccc(OCc2nc3ccccc3n2CCCBr)cc1. The van der Waals surface area contributed by atoms with Gasteiger partial charge in [-0.15, -0.1) is 0 Å². The van der Waals surface area contributed by atoms with Gasteiger partial charge in [0.15, 0.2) is 0 Å². The summed E-state index contributed by atoms with van der Waals surface area (Å²) in [6.45, 7) is 1.36. The zero-order valence-corrected chi connectivity index (χ0v) is 14.3. The summed E-state index contributed by atoms with van der Waals surface area (Å²) in [5.41, 5.74) is 2.16. The molecule has 5 heteroatoms. The molecule has 0 aliphatic rings. The molecule has 0 atom stereocenters. The number of rotatable bonds is 6. The van der Waals surface area contributed by atoms with Gasteiger partial charge >= 0.3 is 0 Å². The summed E-state index contributed by atoms with van der Waals surface area (Å²) < 4.78 is 8.07. The van der Waals surface area contributed by atoms with Crippen molar-refractivity contribution in [1.29, 1.82) is 0 Å². The van der Waals surface area contributed by atoms with Gasteiger partial charge in [-0.1, -0.05) is 39.7 Å². The number of para-hydroxylation sites is 2. The molecule has 0 amide bonds. The Kier molecular flexibility index (Phi) is 5.01. The van der Waals surface area contributed by atoms with Crippen molar-refractivity contribution in [2.45, 2.75) is 19.6 Å².